The fourth-order valence-electron chi connectivity index (χ4n) is 8.18. The van der Waals surface area contributed by atoms with E-state index in [1.54, 1.807) is 6.20 Å². The largest absolute Gasteiger partial charge is 0.253 e. The van der Waals surface area contributed by atoms with Crippen molar-refractivity contribution < 1.29 is 0 Å². The fourth-order valence-corrected chi connectivity index (χ4v) is 8.18. The highest BCUT2D eigenvalue weighted by atomic mass is 14.9. The summed E-state index contributed by atoms with van der Waals surface area (Å²) in [5, 5.41) is 2.11. The smallest absolute Gasteiger partial charge is 0.179 e. The minimum Gasteiger partial charge on any atom is -0.253 e. The lowest BCUT2D eigenvalue weighted by molar-refractivity contribution is 1.15. The van der Waals surface area contributed by atoms with Gasteiger partial charge < -0.3 is 0 Å². The van der Waals surface area contributed by atoms with Gasteiger partial charge in [0.15, 0.2) is 5.82 Å². The summed E-state index contributed by atoms with van der Waals surface area (Å²) >= 11 is 0. The van der Waals surface area contributed by atoms with Crippen LogP contribution in [0, 0.1) is 0 Å². The summed E-state index contributed by atoms with van der Waals surface area (Å²) in [6, 6.07) is 75.8. The molecule has 290 valence electrons. The van der Waals surface area contributed by atoms with Crippen molar-refractivity contribution in [2.75, 3.05) is 0 Å². The lowest BCUT2D eigenvalue weighted by atomic mass is 9.95. The van der Waals surface area contributed by atoms with Gasteiger partial charge in [0.2, 0.25) is 0 Å². The SMILES string of the molecule is c1ccc(-c2cccc(-c3ccc4ccc5c(-c6ccccc6)cc(-c6cccc(-c7ccc(-c8cc(-c9ccccc9)nc(-c9ccccn9)n8)cc7)c6)nc5c4n3)c2)cc1. The third kappa shape index (κ3) is 7.18. The standard InChI is InChI=1S/C57H37N5/c1-4-14-38(15-5-1)44-20-12-22-46(34-44)50-32-30-43-29-31-48-49(40-16-6-2-7-17-40)36-52(60-56(48)55(43)59-50)47-23-13-21-45(35-47)39-25-27-42(28-26-39)54-37-53(41-18-8-3-9-19-41)61-57(62-54)51-24-10-11-33-58-51/h1-37H. The lowest BCUT2D eigenvalue weighted by Gasteiger charge is -2.14. The van der Waals surface area contributed by atoms with Gasteiger partial charge in [-0.25, -0.2) is 19.9 Å². The van der Waals surface area contributed by atoms with Crippen LogP contribution in [-0.2, 0) is 0 Å². The Morgan fingerprint density at radius 2 is 0.758 bits per heavy atom. The van der Waals surface area contributed by atoms with Gasteiger partial charge in [-0.2, -0.15) is 0 Å². The Balaban J connectivity index is 0.992. The number of rotatable bonds is 8. The molecule has 0 aliphatic rings. The van der Waals surface area contributed by atoms with Crippen LogP contribution in [0.3, 0.4) is 0 Å². The summed E-state index contributed by atoms with van der Waals surface area (Å²) in [5.41, 5.74) is 16.8. The summed E-state index contributed by atoms with van der Waals surface area (Å²) in [6.45, 7) is 0. The molecule has 0 aliphatic heterocycles. The molecule has 0 fully saturated rings. The highest BCUT2D eigenvalue weighted by Crippen LogP contribution is 2.37. The van der Waals surface area contributed by atoms with E-state index in [0.29, 0.717) is 5.82 Å². The quantitative estimate of drug-likeness (QED) is 0.143. The van der Waals surface area contributed by atoms with Gasteiger partial charge >= 0.3 is 0 Å². The Kier molecular flexibility index (Phi) is 9.45. The van der Waals surface area contributed by atoms with E-state index in [2.05, 4.69) is 181 Å². The summed E-state index contributed by atoms with van der Waals surface area (Å²) in [6.07, 6.45) is 1.77. The molecular weight excluding hydrogens is 755 g/mol. The van der Waals surface area contributed by atoms with Crippen molar-refractivity contribution in [2.24, 2.45) is 0 Å². The van der Waals surface area contributed by atoms with Crippen LogP contribution in [0.15, 0.2) is 225 Å². The van der Waals surface area contributed by atoms with Crippen molar-refractivity contribution in [1.29, 1.82) is 0 Å². The fraction of sp³-hybridized carbons (Fsp3) is 0. The van der Waals surface area contributed by atoms with Gasteiger partial charge in [0.05, 0.1) is 33.8 Å². The van der Waals surface area contributed by atoms with Gasteiger partial charge in [-0.15, -0.1) is 0 Å². The van der Waals surface area contributed by atoms with Crippen molar-refractivity contribution in [1.82, 2.24) is 24.9 Å². The topological polar surface area (TPSA) is 64.5 Å². The van der Waals surface area contributed by atoms with Crippen LogP contribution >= 0.6 is 0 Å². The van der Waals surface area contributed by atoms with E-state index in [1.165, 1.54) is 5.56 Å². The number of aromatic nitrogens is 5. The van der Waals surface area contributed by atoms with Crippen LogP contribution < -0.4 is 0 Å². The van der Waals surface area contributed by atoms with E-state index in [0.717, 1.165) is 100 Å². The maximum absolute atomic E-state index is 5.43. The van der Waals surface area contributed by atoms with E-state index >= 15 is 0 Å². The number of benzene rings is 7. The molecule has 0 saturated carbocycles. The zero-order chi connectivity index (χ0) is 41.2. The normalized spacial score (nSPS) is 11.2. The Morgan fingerprint density at radius 1 is 0.258 bits per heavy atom. The molecule has 0 aliphatic carbocycles. The first-order chi connectivity index (χ1) is 30.7. The number of nitrogens with zero attached hydrogens (tertiary/aromatic N) is 5. The molecule has 5 nitrogen and oxygen atoms in total. The van der Waals surface area contributed by atoms with Crippen molar-refractivity contribution in [3.05, 3.63) is 225 Å². The Labute approximate surface area is 359 Å². The zero-order valence-electron chi connectivity index (χ0n) is 33.6. The minimum absolute atomic E-state index is 0.591. The predicted molar refractivity (Wildman–Crippen MR) is 254 cm³/mol. The van der Waals surface area contributed by atoms with Crippen LogP contribution in [0.25, 0.3) is 112 Å². The number of hydrogen-bond donors (Lipinski definition) is 0. The maximum Gasteiger partial charge on any atom is 0.179 e. The first kappa shape index (κ1) is 36.7. The van der Waals surface area contributed by atoms with Crippen molar-refractivity contribution >= 4 is 21.8 Å². The minimum atomic E-state index is 0.591. The molecule has 0 radical (unpaired) electrons. The predicted octanol–water partition coefficient (Wildman–Crippen LogP) is 14.3. The number of pyridine rings is 3. The average molecular weight is 792 g/mol. The third-order valence-electron chi connectivity index (χ3n) is 11.4. The maximum atomic E-state index is 5.43. The molecule has 0 amide bonds. The Hall–Kier alpha value is -8.41. The van der Waals surface area contributed by atoms with Crippen molar-refractivity contribution in [3.63, 3.8) is 0 Å². The van der Waals surface area contributed by atoms with E-state index in [4.69, 9.17) is 19.9 Å². The van der Waals surface area contributed by atoms with E-state index in [-0.39, 0.29) is 0 Å². The molecule has 0 bridgehead atoms. The lowest BCUT2D eigenvalue weighted by Crippen LogP contribution is -1.97. The average Bonchev–Trinajstić information content (AvgIpc) is 3.37. The molecule has 0 atom stereocenters. The summed E-state index contributed by atoms with van der Waals surface area (Å²) in [5.74, 6) is 0.591. The molecule has 0 spiro atoms. The van der Waals surface area contributed by atoms with Crippen molar-refractivity contribution in [2.45, 2.75) is 0 Å². The van der Waals surface area contributed by atoms with Gasteiger partial charge in [-0.05, 0) is 75.8 Å². The van der Waals surface area contributed by atoms with Gasteiger partial charge in [0.25, 0.3) is 0 Å². The zero-order valence-corrected chi connectivity index (χ0v) is 33.6. The van der Waals surface area contributed by atoms with E-state index < -0.39 is 0 Å². The van der Waals surface area contributed by atoms with Crippen LogP contribution in [0.2, 0.25) is 0 Å². The van der Waals surface area contributed by atoms with Gasteiger partial charge in [-0.3, -0.25) is 4.98 Å². The highest BCUT2D eigenvalue weighted by Gasteiger charge is 2.16. The second-order valence-electron chi connectivity index (χ2n) is 15.3. The third-order valence-corrected chi connectivity index (χ3v) is 11.4. The Morgan fingerprint density at radius 3 is 1.42 bits per heavy atom. The van der Waals surface area contributed by atoms with Gasteiger partial charge in [0.1, 0.15) is 5.69 Å². The summed E-state index contributed by atoms with van der Waals surface area (Å²) in [4.78, 5) is 25.2. The molecule has 0 unspecified atom stereocenters. The van der Waals surface area contributed by atoms with Gasteiger partial charge in [-0.1, -0.05) is 176 Å². The van der Waals surface area contributed by atoms with E-state index in [9.17, 15) is 0 Å². The number of hydrogen-bond acceptors (Lipinski definition) is 5. The second kappa shape index (κ2) is 16.0. The molecule has 0 N–H and O–H groups in total. The summed E-state index contributed by atoms with van der Waals surface area (Å²) in [7, 11) is 0. The molecule has 62 heavy (non-hydrogen) atoms. The highest BCUT2D eigenvalue weighted by molar-refractivity contribution is 6.09. The molecule has 4 aromatic heterocycles. The first-order valence-electron chi connectivity index (χ1n) is 20.7. The molecule has 11 rings (SSSR count). The summed E-state index contributed by atoms with van der Waals surface area (Å²) < 4.78 is 0. The molecule has 0 saturated heterocycles. The molecular formula is C57H37N5. The second-order valence-corrected chi connectivity index (χ2v) is 15.3. The monoisotopic (exact) mass is 791 g/mol. The van der Waals surface area contributed by atoms with Crippen LogP contribution in [0.1, 0.15) is 0 Å². The Bertz CT molecular complexity index is 3310. The molecule has 7 aromatic carbocycles. The van der Waals surface area contributed by atoms with Crippen LogP contribution in [0.4, 0.5) is 0 Å². The van der Waals surface area contributed by atoms with Crippen LogP contribution in [-0.4, -0.2) is 24.9 Å². The first-order valence-corrected chi connectivity index (χ1v) is 20.7. The molecule has 5 heteroatoms. The molecule has 4 heterocycles. The van der Waals surface area contributed by atoms with Crippen molar-refractivity contribution in [3.8, 4) is 89.9 Å². The number of fused-ring (bicyclic) bond motifs is 3. The van der Waals surface area contributed by atoms with E-state index in [1.807, 2.05) is 42.5 Å². The molecule has 11 aromatic rings. The van der Waals surface area contributed by atoms with Gasteiger partial charge in [0, 0.05) is 39.2 Å². The van der Waals surface area contributed by atoms with Crippen LogP contribution in [0.5, 0.6) is 0 Å².